The van der Waals surface area contributed by atoms with Gasteiger partial charge in [-0.3, -0.25) is 4.79 Å². The molecule has 1 amide bonds. The molecule has 2 aromatic rings. The third-order valence-corrected chi connectivity index (χ3v) is 7.32. The van der Waals surface area contributed by atoms with Crippen LogP contribution >= 0.6 is 23.2 Å². The van der Waals surface area contributed by atoms with Crippen LogP contribution in [-0.2, 0) is 21.4 Å². The Labute approximate surface area is 182 Å². The number of rotatable bonds is 7. The number of carbonyl (C=O) groups excluding carboxylic acids is 1. The maximum Gasteiger partial charge on any atom is 0.243 e. The van der Waals surface area contributed by atoms with Crippen LogP contribution in [0.15, 0.2) is 53.4 Å². The molecule has 156 valence electrons. The molecule has 0 spiro atoms. The van der Waals surface area contributed by atoms with Crippen molar-refractivity contribution >= 4 is 39.1 Å². The van der Waals surface area contributed by atoms with Crippen LogP contribution in [0.3, 0.4) is 0 Å². The van der Waals surface area contributed by atoms with Crippen molar-refractivity contribution in [3.8, 4) is 0 Å². The summed E-state index contributed by atoms with van der Waals surface area (Å²) in [4.78, 5) is 12.7. The smallest absolute Gasteiger partial charge is 0.243 e. The molecular weight excluding hydrogens is 431 g/mol. The first-order chi connectivity index (χ1) is 13.8. The van der Waals surface area contributed by atoms with Gasteiger partial charge in [0.2, 0.25) is 15.9 Å². The van der Waals surface area contributed by atoms with Gasteiger partial charge in [-0.25, -0.2) is 8.42 Å². The fraction of sp³-hybridized carbons (Fsp3) is 0.381. The predicted octanol–water partition coefficient (Wildman–Crippen LogP) is 4.63. The monoisotopic (exact) mass is 454 g/mol. The van der Waals surface area contributed by atoms with E-state index in [1.165, 1.54) is 35.0 Å². The summed E-state index contributed by atoms with van der Waals surface area (Å²) in [5, 5.41) is 4.00. The zero-order chi connectivity index (χ0) is 20.9. The molecular formula is C21H24Cl2N2O3S. The largest absolute Gasteiger partial charge is 0.352 e. The summed E-state index contributed by atoms with van der Waals surface area (Å²) in [6, 6.07) is 13.0. The zero-order valence-corrected chi connectivity index (χ0v) is 18.3. The predicted molar refractivity (Wildman–Crippen MR) is 116 cm³/mol. The zero-order valence-electron chi connectivity index (χ0n) is 16.0. The number of nitrogens with zero attached hydrogens (tertiary/aromatic N) is 1. The second-order valence-electron chi connectivity index (χ2n) is 7.26. The minimum atomic E-state index is -3.88. The van der Waals surface area contributed by atoms with Crippen LogP contribution in [0.2, 0.25) is 10.0 Å². The number of hydrogen-bond donors (Lipinski definition) is 1. The molecule has 1 fully saturated rings. The third-order valence-electron chi connectivity index (χ3n) is 5.01. The first kappa shape index (κ1) is 22.1. The molecule has 5 nitrogen and oxygen atoms in total. The van der Waals surface area contributed by atoms with Crippen LogP contribution in [0.5, 0.6) is 0 Å². The summed E-state index contributed by atoms with van der Waals surface area (Å²) >= 11 is 11.8. The molecule has 8 heteroatoms. The van der Waals surface area contributed by atoms with Gasteiger partial charge in [0.1, 0.15) is 0 Å². The molecule has 29 heavy (non-hydrogen) atoms. The molecule has 0 unspecified atom stereocenters. The van der Waals surface area contributed by atoms with Crippen LogP contribution in [0, 0.1) is 0 Å². The first-order valence-electron chi connectivity index (χ1n) is 9.64. The van der Waals surface area contributed by atoms with Gasteiger partial charge in [-0.1, -0.05) is 54.6 Å². The van der Waals surface area contributed by atoms with E-state index in [4.69, 9.17) is 23.2 Å². The van der Waals surface area contributed by atoms with E-state index in [1.54, 1.807) is 24.3 Å². The Morgan fingerprint density at radius 2 is 1.48 bits per heavy atom. The van der Waals surface area contributed by atoms with E-state index < -0.39 is 10.0 Å². The minimum Gasteiger partial charge on any atom is -0.352 e. The fourth-order valence-corrected chi connectivity index (χ4v) is 5.09. The molecule has 3 rings (SSSR count). The first-order valence-corrected chi connectivity index (χ1v) is 11.8. The van der Waals surface area contributed by atoms with Gasteiger partial charge in [-0.05, 0) is 54.8 Å². The van der Waals surface area contributed by atoms with E-state index in [9.17, 15) is 13.2 Å². The Kier molecular flexibility index (Phi) is 7.57. The van der Waals surface area contributed by atoms with Crippen molar-refractivity contribution in [1.82, 2.24) is 9.62 Å². The summed E-state index contributed by atoms with van der Waals surface area (Å²) in [5.41, 5.74) is 0.748. The van der Waals surface area contributed by atoms with Gasteiger partial charge in [0, 0.05) is 22.6 Å². The fourth-order valence-electron chi connectivity index (χ4n) is 3.46. The van der Waals surface area contributed by atoms with E-state index in [-0.39, 0.29) is 29.9 Å². The highest BCUT2D eigenvalue weighted by atomic mass is 35.5. The van der Waals surface area contributed by atoms with Crippen molar-refractivity contribution in [2.24, 2.45) is 0 Å². The average molecular weight is 455 g/mol. The molecule has 1 aliphatic rings. The van der Waals surface area contributed by atoms with Gasteiger partial charge >= 0.3 is 0 Å². The lowest BCUT2D eigenvalue weighted by Gasteiger charge is -2.26. The summed E-state index contributed by atoms with van der Waals surface area (Å²) < 4.78 is 27.6. The van der Waals surface area contributed by atoms with E-state index in [0.29, 0.717) is 10.0 Å². The Morgan fingerprint density at radius 1 is 0.931 bits per heavy atom. The number of hydrogen-bond acceptors (Lipinski definition) is 3. The number of halogens is 2. The number of benzene rings is 2. The maximum atomic E-state index is 13.2. The molecule has 0 heterocycles. The van der Waals surface area contributed by atoms with Gasteiger partial charge in [-0.2, -0.15) is 4.31 Å². The van der Waals surface area contributed by atoms with Crippen molar-refractivity contribution in [1.29, 1.82) is 0 Å². The van der Waals surface area contributed by atoms with Crippen LogP contribution in [0.4, 0.5) is 0 Å². The minimum absolute atomic E-state index is 0.0697. The lowest BCUT2D eigenvalue weighted by Crippen LogP contribution is -2.44. The molecule has 0 aromatic heterocycles. The second-order valence-corrected chi connectivity index (χ2v) is 10.1. The Bertz CT molecular complexity index is 925. The molecule has 1 aliphatic carbocycles. The van der Waals surface area contributed by atoms with Gasteiger partial charge in [-0.15, -0.1) is 0 Å². The van der Waals surface area contributed by atoms with Gasteiger partial charge in [0.05, 0.1) is 11.4 Å². The summed E-state index contributed by atoms with van der Waals surface area (Å²) in [7, 11) is -3.88. The second kappa shape index (κ2) is 9.94. The van der Waals surface area contributed by atoms with Crippen molar-refractivity contribution < 1.29 is 13.2 Å². The highest BCUT2D eigenvalue weighted by Gasteiger charge is 2.28. The summed E-state index contributed by atoms with van der Waals surface area (Å²) in [6.07, 6.45) is 5.23. The molecule has 0 radical (unpaired) electrons. The molecule has 2 aromatic carbocycles. The molecule has 0 atom stereocenters. The van der Waals surface area contributed by atoms with E-state index in [0.717, 1.165) is 31.2 Å². The average Bonchev–Trinajstić information content (AvgIpc) is 2.70. The van der Waals surface area contributed by atoms with Crippen molar-refractivity contribution in [2.45, 2.75) is 49.6 Å². The maximum absolute atomic E-state index is 13.2. The number of nitrogens with one attached hydrogen (secondary N) is 1. The molecule has 0 saturated heterocycles. The molecule has 1 saturated carbocycles. The number of carbonyl (C=O) groups is 1. The van der Waals surface area contributed by atoms with E-state index in [2.05, 4.69) is 5.32 Å². The normalized spacial score (nSPS) is 15.4. The standard InChI is InChI=1S/C21H24Cl2N2O3S/c22-17-8-6-16(7-9-17)14-25(15-21(26)24-19-4-2-1-3-5-19)29(27,28)20-12-10-18(23)11-13-20/h6-13,19H,1-5,14-15H2,(H,24,26). The SMILES string of the molecule is O=C(CN(Cc1ccc(Cl)cc1)S(=O)(=O)c1ccc(Cl)cc1)NC1CCCCC1. The lowest BCUT2D eigenvalue weighted by atomic mass is 9.95. The van der Waals surface area contributed by atoms with Crippen molar-refractivity contribution in [3.63, 3.8) is 0 Å². The van der Waals surface area contributed by atoms with Gasteiger partial charge < -0.3 is 5.32 Å². The Morgan fingerprint density at radius 3 is 2.07 bits per heavy atom. The van der Waals surface area contributed by atoms with Crippen molar-refractivity contribution in [3.05, 3.63) is 64.1 Å². The van der Waals surface area contributed by atoms with Crippen LogP contribution in [0.25, 0.3) is 0 Å². The Balaban J connectivity index is 1.81. The third kappa shape index (κ3) is 6.19. The van der Waals surface area contributed by atoms with Gasteiger partial charge in [0.25, 0.3) is 0 Å². The highest BCUT2D eigenvalue weighted by molar-refractivity contribution is 7.89. The van der Waals surface area contributed by atoms with Crippen LogP contribution < -0.4 is 5.32 Å². The van der Waals surface area contributed by atoms with Crippen LogP contribution in [-0.4, -0.2) is 31.2 Å². The topological polar surface area (TPSA) is 66.5 Å². The summed E-state index contributed by atoms with van der Waals surface area (Å²) in [6.45, 7) is -0.176. The number of sulfonamides is 1. The van der Waals surface area contributed by atoms with Crippen molar-refractivity contribution in [2.75, 3.05) is 6.54 Å². The molecule has 0 bridgehead atoms. The van der Waals surface area contributed by atoms with Gasteiger partial charge in [0.15, 0.2) is 0 Å². The number of amides is 1. The lowest BCUT2D eigenvalue weighted by molar-refractivity contribution is -0.122. The Hall–Kier alpha value is -1.60. The van der Waals surface area contributed by atoms with E-state index in [1.807, 2.05) is 0 Å². The van der Waals surface area contributed by atoms with Crippen LogP contribution in [0.1, 0.15) is 37.7 Å². The summed E-state index contributed by atoms with van der Waals surface area (Å²) in [5.74, 6) is -0.289. The quantitative estimate of drug-likeness (QED) is 0.662. The molecule has 0 aliphatic heterocycles. The van der Waals surface area contributed by atoms with E-state index >= 15 is 0 Å². The molecule has 1 N–H and O–H groups in total. The highest BCUT2D eigenvalue weighted by Crippen LogP contribution is 2.22.